The van der Waals surface area contributed by atoms with Gasteiger partial charge in [-0.25, -0.2) is 14.4 Å². The summed E-state index contributed by atoms with van der Waals surface area (Å²) in [5.41, 5.74) is 27.4. The van der Waals surface area contributed by atoms with Crippen molar-refractivity contribution in [3.8, 4) is 0 Å². The zero-order chi connectivity index (χ0) is 25.6. The molecule has 0 bridgehead atoms. The first-order valence-corrected chi connectivity index (χ1v) is 12.0. The van der Waals surface area contributed by atoms with Crippen molar-refractivity contribution in [3.05, 3.63) is 0 Å². The Hall–Kier alpha value is -2.35. The lowest BCUT2D eigenvalue weighted by molar-refractivity contribution is 0.104. The van der Waals surface area contributed by atoms with Crippen LogP contribution in [0.25, 0.3) is 0 Å². The molecule has 0 radical (unpaired) electrons. The van der Waals surface area contributed by atoms with Gasteiger partial charge >= 0.3 is 18.3 Å². The van der Waals surface area contributed by atoms with Crippen LogP contribution >= 0.6 is 0 Å². The van der Waals surface area contributed by atoms with E-state index in [0.29, 0.717) is 38.9 Å². The lowest BCUT2D eigenvalue weighted by Gasteiger charge is -2.21. The molecule has 0 aliphatic carbocycles. The number of nitrogens with two attached hydrogens (primary N) is 5. The minimum absolute atomic E-state index is 0.0692. The monoisotopic (exact) mass is 491 g/mol. The predicted molar refractivity (Wildman–Crippen MR) is 129 cm³/mol. The molecule has 13 nitrogen and oxygen atoms in total. The fourth-order valence-corrected chi connectivity index (χ4v) is 3.06. The van der Waals surface area contributed by atoms with Crippen molar-refractivity contribution in [1.29, 1.82) is 0 Å². The fourth-order valence-electron chi connectivity index (χ4n) is 3.06. The zero-order valence-corrected chi connectivity index (χ0v) is 20.2. The van der Waals surface area contributed by atoms with Gasteiger partial charge < -0.3 is 53.5 Å². The van der Waals surface area contributed by atoms with Crippen molar-refractivity contribution in [1.82, 2.24) is 10.6 Å². The third-order valence-corrected chi connectivity index (χ3v) is 4.96. The van der Waals surface area contributed by atoms with Crippen LogP contribution in [0.5, 0.6) is 0 Å². The van der Waals surface area contributed by atoms with Crippen LogP contribution in [0, 0.1) is 0 Å². The molecule has 0 aromatic heterocycles. The largest absolute Gasteiger partial charge is 0.448 e. The Bertz CT molecular complexity index is 556. The van der Waals surface area contributed by atoms with Crippen LogP contribution in [0.1, 0.15) is 57.8 Å². The Morgan fingerprint density at radius 1 is 0.618 bits per heavy atom. The molecular weight excluding hydrogens is 446 g/mol. The molecule has 0 saturated carbocycles. The summed E-state index contributed by atoms with van der Waals surface area (Å²) >= 11 is 0. The number of hydrogen-bond acceptors (Lipinski definition) is 10. The lowest BCUT2D eigenvalue weighted by Crippen LogP contribution is -2.44. The minimum atomic E-state index is -0.930. The average Bonchev–Trinajstić information content (AvgIpc) is 2.79. The Balaban J connectivity index is 4.61. The zero-order valence-electron chi connectivity index (χ0n) is 20.2. The van der Waals surface area contributed by atoms with Crippen LogP contribution in [0.4, 0.5) is 14.4 Å². The molecule has 3 amide bonds. The molecule has 3 unspecified atom stereocenters. The smallest absolute Gasteiger partial charge is 0.407 e. The van der Waals surface area contributed by atoms with Gasteiger partial charge in [-0.05, 0) is 58.2 Å². The molecule has 0 spiro atoms. The average molecular weight is 492 g/mol. The van der Waals surface area contributed by atoms with Crippen molar-refractivity contribution in [2.75, 3.05) is 39.5 Å². The number of ether oxygens (including phenoxy) is 3. The number of rotatable bonds is 20. The summed E-state index contributed by atoms with van der Waals surface area (Å²) in [7, 11) is 0. The molecule has 0 aromatic rings. The number of primary amides is 1. The quantitative estimate of drug-likeness (QED) is 0.0888. The molecule has 0 saturated heterocycles. The van der Waals surface area contributed by atoms with Gasteiger partial charge in [0.05, 0.1) is 12.1 Å². The first-order valence-electron chi connectivity index (χ1n) is 12.0. The van der Waals surface area contributed by atoms with Gasteiger partial charge in [0.15, 0.2) is 0 Å². The number of carbonyl (C=O) groups excluding carboxylic acids is 3. The lowest BCUT2D eigenvalue weighted by atomic mass is 10.1. The van der Waals surface area contributed by atoms with Gasteiger partial charge in [-0.1, -0.05) is 19.3 Å². The maximum atomic E-state index is 12.3. The first-order chi connectivity index (χ1) is 16.3. The van der Waals surface area contributed by atoms with Crippen LogP contribution in [0.15, 0.2) is 0 Å². The van der Waals surface area contributed by atoms with E-state index >= 15 is 0 Å². The molecule has 0 aromatic carbocycles. The van der Waals surface area contributed by atoms with Crippen molar-refractivity contribution in [2.45, 2.75) is 75.9 Å². The van der Waals surface area contributed by atoms with E-state index < -0.39 is 30.4 Å². The van der Waals surface area contributed by atoms with Gasteiger partial charge in [0, 0.05) is 6.04 Å². The van der Waals surface area contributed by atoms with E-state index in [0.717, 1.165) is 38.5 Å². The number of amides is 3. The van der Waals surface area contributed by atoms with E-state index in [9.17, 15) is 14.4 Å². The number of hydrogen-bond donors (Lipinski definition) is 7. The third-order valence-electron chi connectivity index (χ3n) is 4.96. The van der Waals surface area contributed by atoms with Gasteiger partial charge in [-0.2, -0.15) is 0 Å². The SMILES string of the molecule is NCCCCC(N)COC(=O)NC(CCCCN)COC(=O)NC(CCCCN)COC(N)=O. The van der Waals surface area contributed by atoms with Crippen molar-refractivity contribution in [2.24, 2.45) is 28.7 Å². The van der Waals surface area contributed by atoms with Crippen LogP contribution in [0.2, 0.25) is 0 Å². The summed E-state index contributed by atoms with van der Waals surface area (Å²) in [5, 5.41) is 5.35. The Labute approximate surface area is 202 Å². The second-order valence-electron chi connectivity index (χ2n) is 8.12. The summed E-state index contributed by atoms with van der Waals surface area (Å²) in [4.78, 5) is 35.3. The minimum Gasteiger partial charge on any atom is -0.448 e. The highest BCUT2D eigenvalue weighted by molar-refractivity contribution is 5.69. The molecule has 3 atom stereocenters. The topological polar surface area (TPSA) is 233 Å². The highest BCUT2D eigenvalue weighted by atomic mass is 16.6. The molecule has 0 aliphatic rings. The van der Waals surface area contributed by atoms with E-state index in [-0.39, 0.29) is 25.9 Å². The molecule has 0 fully saturated rings. The van der Waals surface area contributed by atoms with Crippen molar-refractivity contribution in [3.63, 3.8) is 0 Å². The second-order valence-corrected chi connectivity index (χ2v) is 8.12. The van der Waals surface area contributed by atoms with Crippen LogP contribution < -0.4 is 39.3 Å². The summed E-state index contributed by atoms with van der Waals surface area (Å²) in [6.07, 6.45) is 4.25. The van der Waals surface area contributed by atoms with Crippen molar-refractivity contribution < 1.29 is 28.6 Å². The van der Waals surface area contributed by atoms with Crippen LogP contribution in [-0.4, -0.2) is 75.9 Å². The molecule has 12 N–H and O–H groups in total. The van der Waals surface area contributed by atoms with Crippen molar-refractivity contribution >= 4 is 18.3 Å². The van der Waals surface area contributed by atoms with Gasteiger partial charge in [-0.3, -0.25) is 0 Å². The number of alkyl carbamates (subject to hydrolysis) is 2. The summed E-state index contributed by atoms with van der Waals surface area (Å²) < 4.78 is 15.3. The van der Waals surface area contributed by atoms with Gasteiger partial charge in [0.1, 0.15) is 19.8 Å². The third kappa shape index (κ3) is 19.1. The molecule has 34 heavy (non-hydrogen) atoms. The summed E-state index contributed by atoms with van der Waals surface area (Å²) in [5.74, 6) is 0. The Morgan fingerprint density at radius 3 is 1.47 bits per heavy atom. The Morgan fingerprint density at radius 2 is 1.03 bits per heavy atom. The maximum Gasteiger partial charge on any atom is 0.407 e. The van der Waals surface area contributed by atoms with E-state index in [1.807, 2.05) is 0 Å². The van der Waals surface area contributed by atoms with E-state index in [2.05, 4.69) is 10.6 Å². The highest BCUT2D eigenvalue weighted by Crippen LogP contribution is 2.05. The fraction of sp³-hybridized carbons (Fsp3) is 0.857. The van der Waals surface area contributed by atoms with E-state index in [1.165, 1.54) is 0 Å². The maximum absolute atomic E-state index is 12.3. The standard InChI is InChI=1S/C21H45N7O6/c22-10-4-1-7-16(25)13-33-20(30)28-18(9-3-6-12-24)15-34-21(31)27-17(8-2-5-11-23)14-32-19(26)29/h16-18H,1-15,22-25H2,(H2,26,29)(H,27,31)(H,28,30). The normalized spacial score (nSPS) is 13.4. The van der Waals surface area contributed by atoms with Gasteiger partial charge in [0.25, 0.3) is 0 Å². The van der Waals surface area contributed by atoms with Gasteiger partial charge in [-0.15, -0.1) is 0 Å². The summed E-state index contributed by atoms with van der Waals surface area (Å²) in [6.45, 7) is 1.56. The number of carbonyl (C=O) groups is 3. The van der Waals surface area contributed by atoms with Gasteiger partial charge in [0.2, 0.25) is 0 Å². The molecule has 0 rings (SSSR count). The molecule has 13 heteroatoms. The predicted octanol–water partition coefficient (Wildman–Crippen LogP) is -0.0144. The second kappa shape index (κ2) is 21.2. The molecule has 200 valence electrons. The number of unbranched alkanes of at least 4 members (excludes halogenated alkanes) is 3. The van der Waals surface area contributed by atoms with Crippen LogP contribution in [0.3, 0.4) is 0 Å². The number of nitrogens with one attached hydrogen (secondary N) is 2. The molecule has 0 aliphatic heterocycles. The first kappa shape index (κ1) is 31.6. The molecule has 0 heterocycles. The van der Waals surface area contributed by atoms with Crippen LogP contribution in [-0.2, 0) is 14.2 Å². The Kier molecular flexibility index (Phi) is 19.7. The van der Waals surface area contributed by atoms with E-state index in [4.69, 9.17) is 42.9 Å². The molecular formula is C21H45N7O6. The summed E-state index contributed by atoms with van der Waals surface area (Å²) in [6, 6.07) is -1.20. The van der Waals surface area contributed by atoms with E-state index in [1.54, 1.807) is 0 Å². The highest BCUT2D eigenvalue weighted by Gasteiger charge is 2.19.